The largest absolute Gasteiger partial charge is 0.391 e. The molecule has 2 N–H and O–H groups in total. The van der Waals surface area contributed by atoms with Crippen LogP contribution in [0.2, 0.25) is 5.02 Å². The summed E-state index contributed by atoms with van der Waals surface area (Å²) < 4.78 is 0. The first kappa shape index (κ1) is 15.3. The second-order valence-corrected chi connectivity index (χ2v) is 7.07. The van der Waals surface area contributed by atoms with Gasteiger partial charge < -0.3 is 10.4 Å². The number of hydrogen-bond acceptors (Lipinski definition) is 2. The Kier molecular flexibility index (Phi) is 4.40. The molecule has 110 valence electrons. The van der Waals surface area contributed by atoms with Crippen LogP contribution in [-0.4, -0.2) is 23.7 Å². The first-order valence-electron chi connectivity index (χ1n) is 7.00. The molecule has 1 saturated carbocycles. The van der Waals surface area contributed by atoms with Crippen molar-refractivity contribution >= 4 is 17.5 Å². The summed E-state index contributed by atoms with van der Waals surface area (Å²) in [5, 5.41) is 13.5. The van der Waals surface area contributed by atoms with Crippen LogP contribution in [0.3, 0.4) is 0 Å². The lowest BCUT2D eigenvalue weighted by Gasteiger charge is -2.25. The Labute approximate surface area is 125 Å². The van der Waals surface area contributed by atoms with Gasteiger partial charge in [0.25, 0.3) is 0 Å². The van der Waals surface area contributed by atoms with Crippen molar-refractivity contribution in [1.29, 1.82) is 0 Å². The number of rotatable bonds is 4. The molecule has 1 aliphatic carbocycles. The highest BCUT2D eigenvalue weighted by Gasteiger charge is 2.44. The van der Waals surface area contributed by atoms with Crippen LogP contribution in [0.4, 0.5) is 0 Å². The molecule has 1 aromatic rings. The fourth-order valence-electron chi connectivity index (χ4n) is 2.22. The Morgan fingerprint density at radius 3 is 2.80 bits per heavy atom. The second kappa shape index (κ2) is 5.74. The van der Waals surface area contributed by atoms with Crippen molar-refractivity contribution < 1.29 is 9.90 Å². The van der Waals surface area contributed by atoms with E-state index in [9.17, 15) is 9.90 Å². The number of hydrogen-bond donors (Lipinski definition) is 2. The summed E-state index contributed by atoms with van der Waals surface area (Å²) in [5.41, 5.74) is 0.900. The fraction of sp³-hybridized carbons (Fsp3) is 0.562. The van der Waals surface area contributed by atoms with Crippen molar-refractivity contribution in [3.8, 4) is 0 Å². The van der Waals surface area contributed by atoms with Gasteiger partial charge in [0.1, 0.15) is 0 Å². The van der Waals surface area contributed by atoms with Crippen LogP contribution in [0.15, 0.2) is 24.3 Å². The number of amides is 1. The number of carbonyl (C=O) groups excluding carboxylic acids is 1. The highest BCUT2D eigenvalue weighted by Crippen LogP contribution is 2.47. The fourth-order valence-corrected chi connectivity index (χ4v) is 2.42. The quantitative estimate of drug-likeness (QED) is 0.897. The van der Waals surface area contributed by atoms with Crippen LogP contribution < -0.4 is 5.32 Å². The molecule has 1 aromatic carbocycles. The summed E-state index contributed by atoms with van der Waals surface area (Å²) in [6.07, 6.45) is 0.326. The molecule has 1 fully saturated rings. The average molecular weight is 296 g/mol. The van der Waals surface area contributed by atoms with E-state index in [-0.39, 0.29) is 23.2 Å². The monoisotopic (exact) mass is 295 g/mol. The van der Waals surface area contributed by atoms with Crippen LogP contribution in [0.25, 0.3) is 0 Å². The first-order chi connectivity index (χ1) is 9.29. The van der Waals surface area contributed by atoms with E-state index in [1.165, 1.54) is 0 Å². The summed E-state index contributed by atoms with van der Waals surface area (Å²) in [6, 6.07) is 7.67. The third kappa shape index (κ3) is 3.74. The average Bonchev–Trinajstić information content (AvgIpc) is 3.14. The summed E-state index contributed by atoms with van der Waals surface area (Å²) in [5.74, 6) is 0.305. The minimum absolute atomic E-state index is 0.0145. The lowest BCUT2D eigenvalue weighted by Crippen LogP contribution is -2.39. The third-order valence-electron chi connectivity index (χ3n) is 3.87. The van der Waals surface area contributed by atoms with Crippen LogP contribution in [0, 0.1) is 11.3 Å². The predicted octanol–water partition coefficient (Wildman–Crippen LogP) is 2.97. The zero-order valence-corrected chi connectivity index (χ0v) is 12.9. The summed E-state index contributed by atoms with van der Waals surface area (Å²) >= 11 is 5.96. The van der Waals surface area contributed by atoms with E-state index in [4.69, 9.17) is 11.6 Å². The van der Waals surface area contributed by atoms with E-state index in [1.54, 1.807) is 0 Å². The Balaban J connectivity index is 1.85. The van der Waals surface area contributed by atoms with Crippen LogP contribution in [0.5, 0.6) is 0 Å². The Morgan fingerprint density at radius 1 is 1.50 bits per heavy atom. The van der Waals surface area contributed by atoms with Gasteiger partial charge in [-0.05, 0) is 35.4 Å². The van der Waals surface area contributed by atoms with Gasteiger partial charge >= 0.3 is 0 Å². The molecule has 0 heterocycles. The molecule has 1 aliphatic rings. The molecule has 4 heteroatoms. The number of benzene rings is 1. The highest BCUT2D eigenvalue weighted by atomic mass is 35.5. The van der Waals surface area contributed by atoms with E-state index in [2.05, 4.69) is 5.32 Å². The molecule has 0 aromatic heterocycles. The van der Waals surface area contributed by atoms with Gasteiger partial charge in [-0.1, -0.05) is 44.5 Å². The second-order valence-electron chi connectivity index (χ2n) is 6.63. The lowest BCUT2D eigenvalue weighted by molar-refractivity contribution is -0.123. The molecule has 20 heavy (non-hydrogen) atoms. The zero-order valence-electron chi connectivity index (χ0n) is 12.2. The molecule has 0 saturated heterocycles. The van der Waals surface area contributed by atoms with Crippen molar-refractivity contribution in [2.45, 2.75) is 39.2 Å². The molecule has 0 spiro atoms. The molecular formula is C16H22ClNO2. The van der Waals surface area contributed by atoms with Crippen molar-refractivity contribution in [1.82, 2.24) is 5.32 Å². The van der Waals surface area contributed by atoms with E-state index < -0.39 is 6.10 Å². The summed E-state index contributed by atoms with van der Waals surface area (Å²) in [6.45, 7) is 6.17. The van der Waals surface area contributed by atoms with Crippen molar-refractivity contribution in [2.75, 3.05) is 6.54 Å². The van der Waals surface area contributed by atoms with E-state index in [0.717, 1.165) is 12.0 Å². The van der Waals surface area contributed by atoms with Crippen LogP contribution in [-0.2, 0) is 4.79 Å². The van der Waals surface area contributed by atoms with E-state index in [1.807, 2.05) is 45.0 Å². The number of nitrogens with one attached hydrogen (secondary N) is 1. The van der Waals surface area contributed by atoms with Gasteiger partial charge in [-0.25, -0.2) is 0 Å². The maximum atomic E-state index is 12.1. The number of aliphatic hydroxyl groups excluding tert-OH is 1. The molecule has 2 rings (SSSR count). The topological polar surface area (TPSA) is 49.3 Å². The Bertz CT molecular complexity index is 495. The Hall–Kier alpha value is -1.06. The molecule has 3 atom stereocenters. The van der Waals surface area contributed by atoms with Crippen molar-refractivity contribution in [2.24, 2.45) is 11.3 Å². The number of carbonyl (C=O) groups is 1. The standard InChI is InChI=1S/C16H22ClNO2/c1-16(2,3)14(19)9-18-15(20)13-8-12(13)10-5-4-6-11(17)7-10/h4-7,12-14,19H,8-9H2,1-3H3,(H,18,20). The molecular weight excluding hydrogens is 274 g/mol. The summed E-state index contributed by atoms with van der Waals surface area (Å²) in [4.78, 5) is 12.1. The maximum absolute atomic E-state index is 12.1. The van der Waals surface area contributed by atoms with Crippen molar-refractivity contribution in [3.63, 3.8) is 0 Å². The molecule has 0 radical (unpaired) electrons. The van der Waals surface area contributed by atoms with Crippen LogP contribution in [0.1, 0.15) is 38.7 Å². The van der Waals surface area contributed by atoms with Gasteiger partial charge in [0.2, 0.25) is 5.91 Å². The third-order valence-corrected chi connectivity index (χ3v) is 4.11. The molecule has 3 unspecified atom stereocenters. The predicted molar refractivity (Wildman–Crippen MR) is 80.8 cm³/mol. The van der Waals surface area contributed by atoms with E-state index >= 15 is 0 Å². The van der Waals surface area contributed by atoms with Gasteiger partial charge in [-0.15, -0.1) is 0 Å². The van der Waals surface area contributed by atoms with Crippen molar-refractivity contribution in [3.05, 3.63) is 34.9 Å². The Morgan fingerprint density at radius 2 is 2.20 bits per heavy atom. The molecule has 3 nitrogen and oxygen atoms in total. The lowest BCUT2D eigenvalue weighted by atomic mass is 9.89. The highest BCUT2D eigenvalue weighted by molar-refractivity contribution is 6.30. The summed E-state index contributed by atoms with van der Waals surface area (Å²) in [7, 11) is 0. The van der Waals surface area contributed by atoms with Gasteiger partial charge in [-0.2, -0.15) is 0 Å². The van der Waals surface area contributed by atoms with Gasteiger partial charge in [0.15, 0.2) is 0 Å². The van der Waals surface area contributed by atoms with E-state index in [0.29, 0.717) is 11.6 Å². The van der Waals surface area contributed by atoms with Gasteiger partial charge in [0.05, 0.1) is 6.10 Å². The molecule has 1 amide bonds. The van der Waals surface area contributed by atoms with Gasteiger partial charge in [0, 0.05) is 17.5 Å². The minimum Gasteiger partial charge on any atom is -0.391 e. The van der Waals surface area contributed by atoms with Gasteiger partial charge in [-0.3, -0.25) is 4.79 Å². The minimum atomic E-state index is -0.533. The molecule has 0 bridgehead atoms. The number of halogens is 1. The van der Waals surface area contributed by atoms with Crippen LogP contribution >= 0.6 is 11.6 Å². The zero-order chi connectivity index (χ0) is 14.9. The SMILES string of the molecule is CC(C)(C)C(O)CNC(=O)C1CC1c1cccc(Cl)c1. The number of aliphatic hydroxyl groups is 1. The normalized spacial score (nSPS) is 23.2. The molecule has 0 aliphatic heterocycles. The first-order valence-corrected chi connectivity index (χ1v) is 7.38. The maximum Gasteiger partial charge on any atom is 0.223 e. The smallest absolute Gasteiger partial charge is 0.223 e.